The van der Waals surface area contributed by atoms with Crippen molar-refractivity contribution in [3.63, 3.8) is 0 Å². The van der Waals surface area contributed by atoms with Crippen LogP contribution in [0.3, 0.4) is 0 Å². The summed E-state index contributed by atoms with van der Waals surface area (Å²) in [6, 6.07) is 13.6. The zero-order chi connectivity index (χ0) is 18.2. The standard InChI is InChI=1S/C20H26N2O3/c1-14-5-7-16(8-6-14)11-12-21-20(23)22-15(2)17-9-10-18(24-3)19(13-17)25-4/h5-10,13,15H,11-12H2,1-4H3,(H2,21,22,23). The van der Waals surface area contributed by atoms with Crippen molar-refractivity contribution in [2.45, 2.75) is 26.3 Å². The Hall–Kier alpha value is -2.69. The first-order valence-corrected chi connectivity index (χ1v) is 8.35. The minimum absolute atomic E-state index is 0.140. The normalized spacial score (nSPS) is 11.5. The smallest absolute Gasteiger partial charge is 0.315 e. The highest BCUT2D eigenvalue weighted by molar-refractivity contribution is 5.74. The van der Waals surface area contributed by atoms with Crippen LogP contribution in [0.2, 0.25) is 0 Å². The number of nitrogens with one attached hydrogen (secondary N) is 2. The summed E-state index contributed by atoms with van der Waals surface area (Å²) in [6.45, 7) is 4.58. The van der Waals surface area contributed by atoms with Gasteiger partial charge in [-0.3, -0.25) is 0 Å². The summed E-state index contributed by atoms with van der Waals surface area (Å²) in [4.78, 5) is 12.1. The quantitative estimate of drug-likeness (QED) is 0.808. The maximum atomic E-state index is 12.1. The molecular formula is C20H26N2O3. The Morgan fingerprint density at radius 2 is 1.72 bits per heavy atom. The number of aryl methyl sites for hydroxylation is 1. The summed E-state index contributed by atoms with van der Waals surface area (Å²) >= 11 is 0. The molecule has 0 heterocycles. The van der Waals surface area contributed by atoms with Gasteiger partial charge in [0.15, 0.2) is 11.5 Å². The Balaban J connectivity index is 1.84. The average molecular weight is 342 g/mol. The Bertz CT molecular complexity index is 699. The third-order valence-electron chi connectivity index (χ3n) is 4.08. The molecule has 5 heteroatoms. The SMILES string of the molecule is COc1ccc(C(C)NC(=O)NCCc2ccc(C)cc2)cc1OC. The second-order valence-corrected chi connectivity index (χ2v) is 5.97. The molecule has 1 atom stereocenters. The van der Waals surface area contributed by atoms with Gasteiger partial charge < -0.3 is 20.1 Å². The van der Waals surface area contributed by atoms with Crippen molar-refractivity contribution < 1.29 is 14.3 Å². The maximum absolute atomic E-state index is 12.1. The van der Waals surface area contributed by atoms with Crippen LogP contribution in [-0.4, -0.2) is 26.8 Å². The second kappa shape index (κ2) is 8.97. The number of amides is 2. The fourth-order valence-electron chi connectivity index (χ4n) is 2.53. The third-order valence-corrected chi connectivity index (χ3v) is 4.08. The van der Waals surface area contributed by atoms with E-state index in [9.17, 15) is 4.79 Å². The molecule has 134 valence electrons. The fourth-order valence-corrected chi connectivity index (χ4v) is 2.53. The van der Waals surface area contributed by atoms with Gasteiger partial charge in [0.1, 0.15) is 0 Å². The van der Waals surface area contributed by atoms with E-state index in [4.69, 9.17) is 9.47 Å². The van der Waals surface area contributed by atoms with Crippen LogP contribution in [-0.2, 0) is 6.42 Å². The van der Waals surface area contributed by atoms with E-state index in [1.165, 1.54) is 11.1 Å². The highest BCUT2D eigenvalue weighted by Gasteiger charge is 2.12. The van der Waals surface area contributed by atoms with Crippen molar-refractivity contribution in [3.05, 3.63) is 59.2 Å². The predicted octanol–water partition coefficient (Wildman–Crippen LogP) is 3.62. The molecule has 0 aliphatic carbocycles. The van der Waals surface area contributed by atoms with Crippen molar-refractivity contribution in [3.8, 4) is 11.5 Å². The van der Waals surface area contributed by atoms with Crippen molar-refractivity contribution in [2.75, 3.05) is 20.8 Å². The van der Waals surface area contributed by atoms with E-state index in [0.29, 0.717) is 18.0 Å². The average Bonchev–Trinajstić information content (AvgIpc) is 2.62. The monoisotopic (exact) mass is 342 g/mol. The van der Waals surface area contributed by atoms with Crippen LogP contribution < -0.4 is 20.1 Å². The van der Waals surface area contributed by atoms with Crippen molar-refractivity contribution in [2.24, 2.45) is 0 Å². The van der Waals surface area contributed by atoms with Crippen LogP contribution in [0, 0.1) is 6.92 Å². The van der Waals surface area contributed by atoms with Gasteiger partial charge >= 0.3 is 6.03 Å². The van der Waals surface area contributed by atoms with E-state index in [2.05, 4.69) is 41.8 Å². The number of urea groups is 1. The molecular weight excluding hydrogens is 316 g/mol. The molecule has 2 rings (SSSR count). The molecule has 0 bridgehead atoms. The Morgan fingerprint density at radius 3 is 2.36 bits per heavy atom. The first-order valence-electron chi connectivity index (χ1n) is 8.35. The van der Waals surface area contributed by atoms with Gasteiger partial charge in [0.25, 0.3) is 0 Å². The maximum Gasteiger partial charge on any atom is 0.315 e. The number of hydrogen-bond acceptors (Lipinski definition) is 3. The molecule has 1 unspecified atom stereocenters. The molecule has 0 aliphatic rings. The van der Waals surface area contributed by atoms with Gasteiger partial charge in [-0.15, -0.1) is 0 Å². The molecule has 0 saturated heterocycles. The molecule has 2 N–H and O–H groups in total. The van der Waals surface area contributed by atoms with Gasteiger partial charge in [0.2, 0.25) is 0 Å². The van der Waals surface area contributed by atoms with Gasteiger partial charge in [-0.05, 0) is 43.5 Å². The molecule has 2 aromatic carbocycles. The molecule has 0 aromatic heterocycles. The molecule has 2 aromatic rings. The van der Waals surface area contributed by atoms with Crippen LogP contribution in [0.4, 0.5) is 4.79 Å². The first kappa shape index (κ1) is 18.6. The summed E-state index contributed by atoms with van der Waals surface area (Å²) in [5.41, 5.74) is 3.39. The molecule has 5 nitrogen and oxygen atoms in total. The van der Waals surface area contributed by atoms with E-state index in [1.807, 2.05) is 25.1 Å². The molecule has 25 heavy (non-hydrogen) atoms. The Morgan fingerprint density at radius 1 is 1.04 bits per heavy atom. The van der Waals surface area contributed by atoms with Gasteiger partial charge in [-0.1, -0.05) is 35.9 Å². The predicted molar refractivity (Wildman–Crippen MR) is 99.4 cm³/mol. The zero-order valence-electron chi connectivity index (χ0n) is 15.3. The summed E-state index contributed by atoms with van der Waals surface area (Å²) < 4.78 is 10.5. The van der Waals surface area contributed by atoms with Crippen LogP contribution in [0.25, 0.3) is 0 Å². The lowest BCUT2D eigenvalue weighted by Crippen LogP contribution is -2.38. The lowest BCUT2D eigenvalue weighted by atomic mass is 10.1. The van der Waals surface area contributed by atoms with Gasteiger partial charge in [-0.2, -0.15) is 0 Å². The number of carbonyl (C=O) groups excluding carboxylic acids is 1. The van der Waals surface area contributed by atoms with Gasteiger partial charge in [-0.25, -0.2) is 4.79 Å². The van der Waals surface area contributed by atoms with E-state index < -0.39 is 0 Å². The van der Waals surface area contributed by atoms with Gasteiger partial charge in [0, 0.05) is 6.54 Å². The second-order valence-electron chi connectivity index (χ2n) is 5.97. The van der Waals surface area contributed by atoms with Crippen LogP contribution in [0.5, 0.6) is 11.5 Å². The molecule has 2 amide bonds. The number of ether oxygens (including phenoxy) is 2. The largest absolute Gasteiger partial charge is 0.493 e. The van der Waals surface area contributed by atoms with E-state index >= 15 is 0 Å². The highest BCUT2D eigenvalue weighted by atomic mass is 16.5. The molecule has 0 fully saturated rings. The van der Waals surface area contributed by atoms with E-state index in [1.54, 1.807) is 14.2 Å². The first-order chi connectivity index (χ1) is 12.0. The summed E-state index contributed by atoms with van der Waals surface area (Å²) in [6.07, 6.45) is 0.804. The minimum atomic E-state index is -0.186. The van der Waals surface area contributed by atoms with Gasteiger partial charge in [0.05, 0.1) is 20.3 Å². The number of hydrogen-bond donors (Lipinski definition) is 2. The van der Waals surface area contributed by atoms with E-state index in [0.717, 1.165) is 12.0 Å². The van der Waals surface area contributed by atoms with Crippen molar-refractivity contribution in [1.29, 1.82) is 0 Å². The number of methoxy groups -OCH3 is 2. The lowest BCUT2D eigenvalue weighted by molar-refractivity contribution is 0.238. The van der Waals surface area contributed by atoms with E-state index in [-0.39, 0.29) is 12.1 Å². The van der Waals surface area contributed by atoms with Crippen LogP contribution in [0.15, 0.2) is 42.5 Å². The molecule has 0 saturated carbocycles. The van der Waals surface area contributed by atoms with Crippen molar-refractivity contribution in [1.82, 2.24) is 10.6 Å². The summed E-state index contributed by atoms with van der Waals surface area (Å²) in [5, 5.41) is 5.83. The van der Waals surface area contributed by atoms with Crippen LogP contribution >= 0.6 is 0 Å². The molecule has 0 radical (unpaired) electrons. The Labute approximate surface area is 149 Å². The van der Waals surface area contributed by atoms with Crippen LogP contribution in [0.1, 0.15) is 29.7 Å². The number of carbonyl (C=O) groups is 1. The topological polar surface area (TPSA) is 59.6 Å². The van der Waals surface area contributed by atoms with Crippen molar-refractivity contribution >= 4 is 6.03 Å². The summed E-state index contributed by atoms with van der Waals surface area (Å²) in [5.74, 6) is 1.31. The third kappa shape index (κ3) is 5.41. The highest BCUT2D eigenvalue weighted by Crippen LogP contribution is 2.29. The Kier molecular flexibility index (Phi) is 6.69. The fraction of sp³-hybridized carbons (Fsp3) is 0.350. The zero-order valence-corrected chi connectivity index (χ0v) is 15.3. The minimum Gasteiger partial charge on any atom is -0.493 e. The number of benzene rings is 2. The lowest BCUT2D eigenvalue weighted by Gasteiger charge is -2.17. The summed E-state index contributed by atoms with van der Waals surface area (Å²) in [7, 11) is 3.19. The molecule has 0 spiro atoms. The number of rotatable bonds is 7. The molecule has 0 aliphatic heterocycles.